The first-order valence-electron chi connectivity index (χ1n) is 7.35. The van der Waals surface area contributed by atoms with Crippen LogP contribution in [0.3, 0.4) is 0 Å². The first kappa shape index (κ1) is 15.6. The Morgan fingerprint density at radius 1 is 0.913 bits per heavy atom. The lowest BCUT2D eigenvalue weighted by molar-refractivity contribution is 0.483. The van der Waals surface area contributed by atoms with Crippen LogP contribution < -0.4 is 5.73 Å². The minimum atomic E-state index is -4.19. The summed E-state index contributed by atoms with van der Waals surface area (Å²) in [6.07, 6.45) is 4.15. The molecule has 0 saturated carbocycles. The van der Waals surface area contributed by atoms with Crippen molar-refractivity contribution in [2.24, 2.45) is 10.2 Å². The van der Waals surface area contributed by atoms with Gasteiger partial charge in [-0.1, -0.05) is 0 Å². The first-order chi connectivity index (χ1) is 10.9. The van der Waals surface area contributed by atoms with Crippen LogP contribution in [-0.4, -0.2) is 13.0 Å². The SMILES string of the molecule is Nc1ccc(/N=N/c2ccc(S(=O)(=O)O)cc2)c2c1CCCC2. The van der Waals surface area contributed by atoms with Gasteiger partial charge >= 0.3 is 0 Å². The maximum absolute atomic E-state index is 11.0. The molecular weight excluding hydrogens is 314 g/mol. The van der Waals surface area contributed by atoms with Gasteiger partial charge < -0.3 is 5.73 Å². The number of benzene rings is 2. The van der Waals surface area contributed by atoms with E-state index in [1.165, 1.54) is 24.3 Å². The Morgan fingerprint density at radius 3 is 2.22 bits per heavy atom. The molecule has 2 aromatic rings. The van der Waals surface area contributed by atoms with Crippen molar-refractivity contribution in [3.8, 4) is 0 Å². The number of hydrogen-bond acceptors (Lipinski definition) is 5. The van der Waals surface area contributed by atoms with Crippen molar-refractivity contribution in [1.29, 1.82) is 0 Å². The van der Waals surface area contributed by atoms with E-state index in [0.717, 1.165) is 48.2 Å². The third-order valence-electron chi connectivity index (χ3n) is 3.95. The summed E-state index contributed by atoms with van der Waals surface area (Å²) < 4.78 is 31.0. The lowest BCUT2D eigenvalue weighted by atomic mass is 9.89. The molecule has 0 fully saturated rings. The third kappa shape index (κ3) is 3.40. The van der Waals surface area contributed by atoms with Gasteiger partial charge in [-0.2, -0.15) is 18.6 Å². The van der Waals surface area contributed by atoms with E-state index in [9.17, 15) is 8.42 Å². The van der Waals surface area contributed by atoms with Crippen LogP contribution in [0.1, 0.15) is 24.0 Å². The van der Waals surface area contributed by atoms with Crippen LogP contribution >= 0.6 is 0 Å². The second-order valence-electron chi connectivity index (χ2n) is 5.51. The summed E-state index contributed by atoms with van der Waals surface area (Å²) in [6, 6.07) is 9.28. The molecule has 1 aliphatic carbocycles. The third-order valence-corrected chi connectivity index (χ3v) is 4.82. The van der Waals surface area contributed by atoms with Gasteiger partial charge in [-0.25, -0.2) is 0 Å². The number of nitrogens with two attached hydrogens (primary N) is 1. The van der Waals surface area contributed by atoms with Crippen LogP contribution in [0.5, 0.6) is 0 Å². The molecule has 23 heavy (non-hydrogen) atoms. The van der Waals surface area contributed by atoms with Crippen LogP contribution in [0.2, 0.25) is 0 Å². The van der Waals surface area contributed by atoms with Crippen molar-refractivity contribution >= 4 is 27.2 Å². The molecule has 3 N–H and O–H groups in total. The molecule has 0 amide bonds. The maximum atomic E-state index is 11.0. The summed E-state index contributed by atoms with van der Waals surface area (Å²) >= 11 is 0. The van der Waals surface area contributed by atoms with Gasteiger partial charge in [0.15, 0.2) is 0 Å². The van der Waals surface area contributed by atoms with Crippen LogP contribution in [0, 0.1) is 0 Å². The van der Waals surface area contributed by atoms with E-state index in [0.29, 0.717) is 5.69 Å². The van der Waals surface area contributed by atoms with Gasteiger partial charge in [0.1, 0.15) is 0 Å². The minimum Gasteiger partial charge on any atom is -0.398 e. The summed E-state index contributed by atoms with van der Waals surface area (Å²) in [7, 11) is -4.19. The second kappa shape index (κ2) is 6.10. The number of azo groups is 1. The van der Waals surface area contributed by atoms with E-state index in [1.807, 2.05) is 12.1 Å². The van der Waals surface area contributed by atoms with E-state index in [-0.39, 0.29) is 4.90 Å². The summed E-state index contributed by atoms with van der Waals surface area (Å²) in [4.78, 5) is -0.165. The van der Waals surface area contributed by atoms with Crippen molar-refractivity contribution in [2.75, 3.05) is 5.73 Å². The Labute approximate surface area is 134 Å². The fourth-order valence-corrected chi connectivity index (χ4v) is 3.25. The average molecular weight is 331 g/mol. The number of nitrogen functional groups attached to an aromatic ring is 1. The topological polar surface area (TPSA) is 105 Å². The molecule has 0 radical (unpaired) electrons. The van der Waals surface area contributed by atoms with E-state index in [2.05, 4.69) is 10.2 Å². The van der Waals surface area contributed by atoms with Gasteiger partial charge in [-0.05, 0) is 73.2 Å². The minimum absolute atomic E-state index is 0.165. The summed E-state index contributed by atoms with van der Waals surface area (Å²) in [5, 5.41) is 8.43. The van der Waals surface area contributed by atoms with E-state index >= 15 is 0 Å². The van der Waals surface area contributed by atoms with E-state index in [4.69, 9.17) is 10.3 Å². The molecule has 0 spiro atoms. The lowest BCUT2D eigenvalue weighted by Gasteiger charge is -2.18. The molecule has 0 saturated heterocycles. The molecule has 6 nitrogen and oxygen atoms in total. The quantitative estimate of drug-likeness (QED) is 0.507. The summed E-state index contributed by atoms with van der Waals surface area (Å²) in [6.45, 7) is 0. The van der Waals surface area contributed by atoms with E-state index < -0.39 is 10.1 Å². The van der Waals surface area contributed by atoms with Crippen molar-refractivity contribution in [2.45, 2.75) is 30.6 Å². The number of fused-ring (bicyclic) bond motifs is 1. The molecule has 0 atom stereocenters. The zero-order valence-corrected chi connectivity index (χ0v) is 13.3. The fraction of sp³-hybridized carbons (Fsp3) is 0.250. The molecular formula is C16H17N3O3S. The zero-order valence-electron chi connectivity index (χ0n) is 12.4. The predicted molar refractivity (Wildman–Crippen MR) is 87.9 cm³/mol. The Morgan fingerprint density at radius 2 is 1.57 bits per heavy atom. The molecule has 0 bridgehead atoms. The Kier molecular flexibility index (Phi) is 4.14. The lowest BCUT2D eigenvalue weighted by Crippen LogP contribution is -2.06. The highest BCUT2D eigenvalue weighted by atomic mass is 32.2. The largest absolute Gasteiger partial charge is 0.398 e. The van der Waals surface area contributed by atoms with E-state index in [1.54, 1.807) is 0 Å². The van der Waals surface area contributed by atoms with Crippen LogP contribution in [0.15, 0.2) is 51.5 Å². The molecule has 0 aliphatic heterocycles. The Hall–Kier alpha value is -2.25. The van der Waals surface area contributed by atoms with Gasteiger partial charge in [-0.3, -0.25) is 4.55 Å². The maximum Gasteiger partial charge on any atom is 0.294 e. The molecule has 0 heterocycles. The standard InChI is InChI=1S/C16H17N3O3S/c17-15-9-10-16(14-4-2-1-3-13(14)15)19-18-11-5-7-12(8-6-11)23(20,21)22/h5-10H,1-4,17H2,(H,20,21,22)/b19-18+. The molecule has 120 valence electrons. The van der Waals surface area contributed by atoms with Crippen molar-refractivity contribution < 1.29 is 13.0 Å². The monoisotopic (exact) mass is 331 g/mol. The van der Waals surface area contributed by atoms with Crippen molar-refractivity contribution in [3.63, 3.8) is 0 Å². The highest BCUT2D eigenvalue weighted by Gasteiger charge is 2.15. The average Bonchev–Trinajstić information content (AvgIpc) is 2.54. The molecule has 1 aliphatic rings. The number of rotatable bonds is 3. The Bertz CT molecular complexity index is 859. The number of hydrogen-bond donors (Lipinski definition) is 2. The molecule has 2 aromatic carbocycles. The van der Waals surface area contributed by atoms with Gasteiger partial charge in [0.2, 0.25) is 0 Å². The van der Waals surface area contributed by atoms with Gasteiger partial charge in [0, 0.05) is 5.69 Å². The normalized spacial score (nSPS) is 14.8. The Balaban J connectivity index is 1.89. The smallest absolute Gasteiger partial charge is 0.294 e. The summed E-state index contributed by atoms with van der Waals surface area (Å²) in [5.41, 5.74) is 10.4. The van der Waals surface area contributed by atoms with Gasteiger partial charge in [0.25, 0.3) is 10.1 Å². The highest BCUT2D eigenvalue weighted by molar-refractivity contribution is 7.85. The second-order valence-corrected chi connectivity index (χ2v) is 6.93. The summed E-state index contributed by atoms with van der Waals surface area (Å²) in [5.74, 6) is 0. The molecule has 3 rings (SSSR count). The van der Waals surface area contributed by atoms with Crippen LogP contribution in [0.25, 0.3) is 0 Å². The van der Waals surface area contributed by atoms with Crippen molar-refractivity contribution in [1.82, 2.24) is 0 Å². The highest BCUT2D eigenvalue weighted by Crippen LogP contribution is 2.34. The molecule has 0 unspecified atom stereocenters. The first-order valence-corrected chi connectivity index (χ1v) is 8.79. The fourth-order valence-electron chi connectivity index (χ4n) is 2.77. The zero-order chi connectivity index (χ0) is 16.4. The van der Waals surface area contributed by atoms with Gasteiger partial charge in [0.05, 0.1) is 16.3 Å². The molecule has 0 aromatic heterocycles. The molecule has 7 heteroatoms. The van der Waals surface area contributed by atoms with Gasteiger partial charge in [-0.15, -0.1) is 0 Å². The predicted octanol–water partition coefficient (Wildman–Crippen LogP) is 3.81. The number of nitrogens with zero attached hydrogens (tertiary/aromatic N) is 2. The number of anilines is 1. The van der Waals surface area contributed by atoms with Crippen molar-refractivity contribution in [3.05, 3.63) is 47.5 Å². The van der Waals surface area contributed by atoms with Crippen LogP contribution in [-0.2, 0) is 23.0 Å². The van der Waals surface area contributed by atoms with Crippen LogP contribution in [0.4, 0.5) is 17.1 Å².